The van der Waals surface area contributed by atoms with E-state index in [0.29, 0.717) is 32.5 Å². The zero-order chi connectivity index (χ0) is 37.8. The van der Waals surface area contributed by atoms with Crippen molar-refractivity contribution in [2.75, 3.05) is 46.0 Å². The highest BCUT2D eigenvalue weighted by Crippen LogP contribution is 2.45. The normalized spacial score (nSPS) is 28.1. The van der Waals surface area contributed by atoms with Crippen molar-refractivity contribution in [3.8, 4) is 5.75 Å². The predicted octanol–water partition coefficient (Wildman–Crippen LogP) is 3.19. The summed E-state index contributed by atoms with van der Waals surface area (Å²) in [6, 6.07) is 3.65. The number of allylic oxidation sites excluding steroid dienone is 1. The van der Waals surface area contributed by atoms with Crippen LogP contribution in [0.3, 0.4) is 0 Å². The number of hydrogen-bond acceptors (Lipinski definition) is 10. The van der Waals surface area contributed by atoms with Crippen LogP contribution in [0.4, 0.5) is 9.59 Å². The SMILES string of the molecule is CC(C)(C)OC(=O)N[C@H]1CCCCCC=C[C@@H]2C[C@@]2(C(=O)O)NC(=O)C2C[C@@H](OC(=O)N3Cc4ccc(OCCN5CCOCC5)cc4C3)CN2C1=O. The Hall–Kier alpha value is -4.37. The van der Waals surface area contributed by atoms with Gasteiger partial charge >= 0.3 is 18.2 Å². The number of rotatable bonds is 7. The Labute approximate surface area is 310 Å². The molecule has 0 radical (unpaired) electrons. The van der Waals surface area contributed by atoms with Crippen molar-refractivity contribution in [3.05, 3.63) is 41.5 Å². The maximum atomic E-state index is 14.2. The van der Waals surface area contributed by atoms with Crippen LogP contribution in [0.2, 0.25) is 0 Å². The summed E-state index contributed by atoms with van der Waals surface area (Å²) in [6.45, 7) is 10.3. The Morgan fingerprint density at radius 1 is 1.08 bits per heavy atom. The molecule has 2 saturated heterocycles. The van der Waals surface area contributed by atoms with Crippen molar-refractivity contribution < 1.29 is 48.0 Å². The second-order valence-corrected chi connectivity index (χ2v) is 15.7. The van der Waals surface area contributed by atoms with E-state index in [4.69, 9.17) is 18.9 Å². The van der Waals surface area contributed by atoms with Gasteiger partial charge in [0, 0.05) is 45.1 Å². The molecule has 15 heteroatoms. The van der Waals surface area contributed by atoms with Crippen molar-refractivity contribution in [2.24, 2.45) is 5.92 Å². The first-order chi connectivity index (χ1) is 25.3. The maximum Gasteiger partial charge on any atom is 0.410 e. The maximum absolute atomic E-state index is 14.2. The summed E-state index contributed by atoms with van der Waals surface area (Å²) < 4.78 is 22.8. The third kappa shape index (κ3) is 9.60. The minimum atomic E-state index is -1.47. The molecule has 0 bridgehead atoms. The lowest BCUT2D eigenvalue weighted by atomic mass is 10.0. The molecule has 3 N–H and O–H groups in total. The van der Waals surface area contributed by atoms with E-state index in [1.165, 1.54) is 4.90 Å². The summed E-state index contributed by atoms with van der Waals surface area (Å²) in [5.41, 5.74) is -0.354. The second-order valence-electron chi connectivity index (χ2n) is 15.7. The van der Waals surface area contributed by atoms with Crippen molar-refractivity contribution >= 4 is 30.0 Å². The molecule has 4 heterocycles. The second kappa shape index (κ2) is 16.3. The number of fused-ring (bicyclic) bond motifs is 3. The molecule has 1 aliphatic carbocycles. The fraction of sp³-hybridized carbons (Fsp3) is 0.658. The summed E-state index contributed by atoms with van der Waals surface area (Å²) in [5.74, 6) is -1.96. The van der Waals surface area contributed by atoms with Crippen molar-refractivity contribution in [3.63, 3.8) is 0 Å². The number of alkyl carbamates (subject to hydrolysis) is 1. The lowest BCUT2D eigenvalue weighted by Crippen LogP contribution is -2.56. The first-order valence-electron chi connectivity index (χ1n) is 18.8. The molecule has 5 aliphatic rings. The molecule has 0 aromatic heterocycles. The smallest absolute Gasteiger partial charge is 0.410 e. The number of nitrogens with zero attached hydrogens (tertiary/aromatic N) is 3. The third-order valence-corrected chi connectivity index (χ3v) is 10.5. The first-order valence-corrected chi connectivity index (χ1v) is 18.8. The topological polar surface area (TPSA) is 176 Å². The van der Waals surface area contributed by atoms with Gasteiger partial charge in [0.05, 0.1) is 19.8 Å². The molecule has 5 atom stereocenters. The molecule has 0 spiro atoms. The highest BCUT2D eigenvalue weighted by atomic mass is 16.6. The fourth-order valence-electron chi connectivity index (χ4n) is 7.52. The standard InChI is InChI=1S/C38H53N5O10/c1-37(2,3)53-35(48)39-30-10-8-6-4-5-7-9-27-21-38(27,34(46)47)40-32(44)31-20-29(24-43(31)33(30)45)52-36(49)42-22-25-11-12-28(19-26(25)23-42)51-18-15-41-13-16-50-17-14-41/h7,9,11-12,19,27,29-31H,4-6,8,10,13-18,20-24H2,1-3H3,(H,39,48)(H,40,44)(H,46,47)/t27-,29-,30+,31?,38-/m1/s1. The van der Waals surface area contributed by atoms with Gasteiger partial charge in [0.2, 0.25) is 11.8 Å². The van der Waals surface area contributed by atoms with E-state index < -0.39 is 59.3 Å². The van der Waals surface area contributed by atoms with Crippen LogP contribution in [-0.4, -0.2) is 125 Å². The Kier molecular flexibility index (Phi) is 11.8. The quantitative estimate of drug-likeness (QED) is 0.350. The van der Waals surface area contributed by atoms with E-state index >= 15 is 0 Å². The molecule has 53 heavy (non-hydrogen) atoms. The van der Waals surface area contributed by atoms with Gasteiger partial charge in [-0.3, -0.25) is 19.4 Å². The average molecular weight is 740 g/mol. The summed E-state index contributed by atoms with van der Waals surface area (Å²) in [6.07, 6.45) is 5.06. The molecule has 1 aromatic rings. The van der Waals surface area contributed by atoms with Crippen molar-refractivity contribution in [1.82, 2.24) is 25.3 Å². The summed E-state index contributed by atoms with van der Waals surface area (Å²) in [4.78, 5) is 72.1. The van der Waals surface area contributed by atoms with Crippen LogP contribution in [0, 0.1) is 5.92 Å². The fourth-order valence-corrected chi connectivity index (χ4v) is 7.52. The number of carboxylic acid groups (broad SMARTS) is 1. The van der Waals surface area contributed by atoms with Crippen LogP contribution >= 0.6 is 0 Å². The van der Waals surface area contributed by atoms with Gasteiger partial charge < -0.3 is 39.6 Å². The largest absolute Gasteiger partial charge is 0.492 e. The van der Waals surface area contributed by atoms with E-state index in [9.17, 15) is 29.1 Å². The Morgan fingerprint density at radius 2 is 1.85 bits per heavy atom. The highest BCUT2D eigenvalue weighted by Gasteiger charge is 2.61. The van der Waals surface area contributed by atoms with E-state index in [-0.39, 0.29) is 25.3 Å². The molecule has 4 amide bonds. The van der Waals surface area contributed by atoms with Crippen LogP contribution in [0.1, 0.15) is 76.8 Å². The number of amides is 4. The third-order valence-electron chi connectivity index (χ3n) is 10.5. The predicted molar refractivity (Wildman–Crippen MR) is 191 cm³/mol. The minimum Gasteiger partial charge on any atom is -0.492 e. The van der Waals surface area contributed by atoms with E-state index in [0.717, 1.165) is 69.0 Å². The Balaban J connectivity index is 1.13. The highest BCUT2D eigenvalue weighted by molar-refractivity contribution is 5.96. The first kappa shape index (κ1) is 38.4. The van der Waals surface area contributed by atoms with Crippen LogP contribution in [-0.2, 0) is 41.7 Å². The molecule has 4 aliphatic heterocycles. The molecular formula is C38H53N5O10. The van der Waals surface area contributed by atoms with E-state index in [2.05, 4.69) is 15.5 Å². The molecule has 3 fully saturated rings. The summed E-state index contributed by atoms with van der Waals surface area (Å²) in [5, 5.41) is 15.6. The number of hydrogen-bond donors (Lipinski definition) is 3. The van der Waals surface area contributed by atoms with Gasteiger partial charge in [0.15, 0.2) is 0 Å². The number of nitrogens with one attached hydrogen (secondary N) is 2. The van der Waals surface area contributed by atoms with Gasteiger partial charge in [0.25, 0.3) is 0 Å². The molecule has 15 nitrogen and oxygen atoms in total. The molecule has 1 aromatic carbocycles. The van der Waals surface area contributed by atoms with Crippen LogP contribution < -0.4 is 15.4 Å². The monoisotopic (exact) mass is 739 g/mol. The summed E-state index contributed by atoms with van der Waals surface area (Å²) in [7, 11) is 0. The van der Waals surface area contributed by atoms with Gasteiger partial charge in [-0.15, -0.1) is 0 Å². The molecule has 290 valence electrons. The Morgan fingerprint density at radius 3 is 2.60 bits per heavy atom. The summed E-state index contributed by atoms with van der Waals surface area (Å²) >= 11 is 0. The van der Waals surface area contributed by atoms with Gasteiger partial charge in [0.1, 0.15) is 41.7 Å². The van der Waals surface area contributed by atoms with Crippen LogP contribution in [0.5, 0.6) is 5.75 Å². The zero-order valence-electron chi connectivity index (χ0n) is 31.0. The van der Waals surface area contributed by atoms with E-state index in [1.54, 1.807) is 25.7 Å². The lowest BCUT2D eigenvalue weighted by molar-refractivity contribution is -0.145. The minimum absolute atomic E-state index is 0.0272. The van der Waals surface area contributed by atoms with Crippen molar-refractivity contribution in [2.45, 2.75) is 108 Å². The van der Waals surface area contributed by atoms with Gasteiger partial charge in [-0.05, 0) is 69.7 Å². The zero-order valence-corrected chi connectivity index (χ0v) is 31.0. The van der Waals surface area contributed by atoms with Gasteiger partial charge in [-0.2, -0.15) is 0 Å². The average Bonchev–Trinajstić information content (AvgIpc) is 3.41. The number of morpholine rings is 1. The molecular weight excluding hydrogens is 686 g/mol. The van der Waals surface area contributed by atoms with Gasteiger partial charge in [-0.1, -0.05) is 31.1 Å². The number of aliphatic carboxylic acids is 1. The van der Waals surface area contributed by atoms with Gasteiger partial charge in [-0.25, -0.2) is 14.4 Å². The molecule has 6 rings (SSSR count). The Bertz CT molecular complexity index is 1570. The number of carboxylic acids is 1. The number of carbonyl (C=O) groups excluding carboxylic acids is 4. The number of ether oxygens (including phenoxy) is 4. The van der Waals surface area contributed by atoms with E-state index in [1.807, 2.05) is 30.4 Å². The molecule has 1 saturated carbocycles. The van der Waals surface area contributed by atoms with Crippen molar-refractivity contribution in [1.29, 1.82) is 0 Å². The van der Waals surface area contributed by atoms with Crippen LogP contribution in [0.15, 0.2) is 30.4 Å². The van der Waals surface area contributed by atoms with Crippen LogP contribution in [0.25, 0.3) is 0 Å². The number of carbonyl (C=O) groups is 5. The molecule has 1 unspecified atom stereocenters. The number of benzene rings is 1. The lowest BCUT2D eigenvalue weighted by Gasteiger charge is -2.30.